The third-order valence-corrected chi connectivity index (χ3v) is 3.47. The second kappa shape index (κ2) is 6.50. The van der Waals surface area contributed by atoms with E-state index in [2.05, 4.69) is 17.2 Å². The minimum atomic E-state index is 0.182. The van der Waals surface area contributed by atoms with Crippen LogP contribution < -0.4 is 5.32 Å². The first-order valence-corrected chi connectivity index (χ1v) is 6.68. The molecule has 2 rings (SSSR count). The SMILES string of the molecule is C[C@@H](NCC(=O)N1CCCCC1)c1ccncc1. The molecular weight excluding hydrogens is 226 g/mol. The van der Waals surface area contributed by atoms with E-state index < -0.39 is 0 Å². The summed E-state index contributed by atoms with van der Waals surface area (Å²) in [6, 6.07) is 4.13. The van der Waals surface area contributed by atoms with E-state index in [1.165, 1.54) is 6.42 Å². The van der Waals surface area contributed by atoms with Crippen LogP contribution >= 0.6 is 0 Å². The van der Waals surface area contributed by atoms with Gasteiger partial charge in [0, 0.05) is 31.5 Å². The topological polar surface area (TPSA) is 45.2 Å². The molecule has 98 valence electrons. The van der Waals surface area contributed by atoms with Crippen LogP contribution in [0.15, 0.2) is 24.5 Å². The molecule has 4 heteroatoms. The van der Waals surface area contributed by atoms with Gasteiger partial charge in [-0.05, 0) is 43.9 Å². The second-order valence-electron chi connectivity index (χ2n) is 4.82. The van der Waals surface area contributed by atoms with Gasteiger partial charge in [0.2, 0.25) is 5.91 Å². The van der Waals surface area contributed by atoms with E-state index in [-0.39, 0.29) is 11.9 Å². The van der Waals surface area contributed by atoms with Crippen LogP contribution in [0, 0.1) is 0 Å². The zero-order chi connectivity index (χ0) is 12.8. The lowest BCUT2D eigenvalue weighted by Gasteiger charge is -2.27. The molecule has 0 bridgehead atoms. The lowest BCUT2D eigenvalue weighted by atomic mass is 10.1. The molecule has 2 heterocycles. The molecule has 0 radical (unpaired) electrons. The number of hydrogen-bond donors (Lipinski definition) is 1. The van der Waals surface area contributed by atoms with Crippen molar-refractivity contribution in [2.45, 2.75) is 32.2 Å². The number of nitrogens with one attached hydrogen (secondary N) is 1. The Morgan fingerprint density at radius 3 is 2.67 bits per heavy atom. The predicted octanol–water partition coefficient (Wildman–Crippen LogP) is 1.74. The van der Waals surface area contributed by atoms with E-state index in [9.17, 15) is 4.79 Å². The van der Waals surface area contributed by atoms with Crippen molar-refractivity contribution in [3.8, 4) is 0 Å². The molecule has 1 aromatic rings. The maximum Gasteiger partial charge on any atom is 0.236 e. The smallest absolute Gasteiger partial charge is 0.236 e. The van der Waals surface area contributed by atoms with Crippen molar-refractivity contribution in [3.63, 3.8) is 0 Å². The number of amides is 1. The number of nitrogens with zero attached hydrogens (tertiary/aromatic N) is 2. The molecule has 0 aromatic carbocycles. The Bertz CT molecular complexity index is 374. The Hall–Kier alpha value is -1.42. The van der Waals surface area contributed by atoms with Gasteiger partial charge in [-0.15, -0.1) is 0 Å². The van der Waals surface area contributed by atoms with Gasteiger partial charge in [-0.2, -0.15) is 0 Å². The van der Waals surface area contributed by atoms with Crippen LogP contribution in [-0.2, 0) is 4.79 Å². The van der Waals surface area contributed by atoms with Gasteiger partial charge in [0.05, 0.1) is 6.54 Å². The zero-order valence-electron chi connectivity index (χ0n) is 10.9. The molecule has 0 aliphatic carbocycles. The molecule has 1 aliphatic rings. The molecule has 1 amide bonds. The van der Waals surface area contributed by atoms with Gasteiger partial charge in [-0.25, -0.2) is 0 Å². The number of piperidine rings is 1. The van der Waals surface area contributed by atoms with Gasteiger partial charge in [0.15, 0.2) is 0 Å². The molecule has 0 spiro atoms. The zero-order valence-corrected chi connectivity index (χ0v) is 10.9. The first-order chi connectivity index (χ1) is 8.77. The predicted molar refractivity (Wildman–Crippen MR) is 71.1 cm³/mol. The highest BCUT2D eigenvalue weighted by molar-refractivity contribution is 5.78. The fraction of sp³-hybridized carbons (Fsp3) is 0.571. The molecule has 1 aliphatic heterocycles. The highest BCUT2D eigenvalue weighted by atomic mass is 16.2. The monoisotopic (exact) mass is 247 g/mol. The first-order valence-electron chi connectivity index (χ1n) is 6.68. The number of rotatable bonds is 4. The molecule has 0 saturated carbocycles. The summed E-state index contributed by atoms with van der Waals surface area (Å²) in [5.41, 5.74) is 1.16. The summed E-state index contributed by atoms with van der Waals surface area (Å²) in [5, 5.41) is 3.28. The Labute approximate surface area is 108 Å². The standard InChI is InChI=1S/C14H21N3O/c1-12(13-5-7-15-8-6-13)16-11-14(18)17-9-3-2-4-10-17/h5-8,12,16H,2-4,9-11H2,1H3/t12-/m1/s1. The largest absolute Gasteiger partial charge is 0.342 e. The molecule has 1 N–H and O–H groups in total. The van der Waals surface area contributed by atoms with Crippen molar-refractivity contribution in [3.05, 3.63) is 30.1 Å². The normalized spacial score (nSPS) is 17.5. The second-order valence-corrected chi connectivity index (χ2v) is 4.82. The summed E-state index contributed by atoms with van der Waals surface area (Å²) >= 11 is 0. The fourth-order valence-electron chi connectivity index (χ4n) is 2.27. The van der Waals surface area contributed by atoms with Crippen LogP contribution in [-0.4, -0.2) is 35.4 Å². The molecule has 1 aromatic heterocycles. The third-order valence-electron chi connectivity index (χ3n) is 3.47. The third kappa shape index (κ3) is 3.53. The summed E-state index contributed by atoms with van der Waals surface area (Å²) in [4.78, 5) is 17.9. The van der Waals surface area contributed by atoms with Crippen LogP contribution in [0.2, 0.25) is 0 Å². The molecule has 4 nitrogen and oxygen atoms in total. The maximum absolute atomic E-state index is 12.0. The number of carbonyl (C=O) groups excluding carboxylic acids is 1. The van der Waals surface area contributed by atoms with Crippen molar-refractivity contribution in [1.29, 1.82) is 0 Å². The van der Waals surface area contributed by atoms with Gasteiger partial charge in [0.25, 0.3) is 0 Å². The highest BCUT2D eigenvalue weighted by Gasteiger charge is 2.16. The molecule has 0 unspecified atom stereocenters. The molecule has 18 heavy (non-hydrogen) atoms. The molecule has 1 fully saturated rings. The highest BCUT2D eigenvalue weighted by Crippen LogP contribution is 2.11. The van der Waals surface area contributed by atoms with Gasteiger partial charge in [0.1, 0.15) is 0 Å². The number of aromatic nitrogens is 1. The van der Waals surface area contributed by atoms with Crippen molar-refractivity contribution < 1.29 is 4.79 Å². The maximum atomic E-state index is 12.0. The Balaban J connectivity index is 1.78. The Kier molecular flexibility index (Phi) is 4.70. The summed E-state index contributed by atoms with van der Waals surface area (Å²) in [6.45, 7) is 4.33. The van der Waals surface area contributed by atoms with Gasteiger partial charge in [-0.1, -0.05) is 0 Å². The summed E-state index contributed by atoms with van der Waals surface area (Å²) in [5.74, 6) is 0.218. The fourth-order valence-corrected chi connectivity index (χ4v) is 2.27. The summed E-state index contributed by atoms with van der Waals surface area (Å²) in [7, 11) is 0. The van der Waals surface area contributed by atoms with Gasteiger partial charge >= 0.3 is 0 Å². The van der Waals surface area contributed by atoms with E-state index >= 15 is 0 Å². The number of likely N-dealkylation sites (tertiary alicyclic amines) is 1. The van der Waals surface area contributed by atoms with Crippen molar-refractivity contribution in [2.24, 2.45) is 0 Å². The lowest BCUT2D eigenvalue weighted by molar-refractivity contribution is -0.131. The number of hydrogen-bond acceptors (Lipinski definition) is 3. The minimum Gasteiger partial charge on any atom is -0.342 e. The van der Waals surface area contributed by atoms with E-state index in [0.29, 0.717) is 6.54 Å². The first kappa shape index (κ1) is 13.0. The van der Waals surface area contributed by atoms with E-state index in [1.807, 2.05) is 17.0 Å². The van der Waals surface area contributed by atoms with Crippen molar-refractivity contribution >= 4 is 5.91 Å². The van der Waals surface area contributed by atoms with Crippen LogP contribution in [0.5, 0.6) is 0 Å². The average Bonchev–Trinajstić information content (AvgIpc) is 2.46. The van der Waals surface area contributed by atoms with Crippen LogP contribution in [0.25, 0.3) is 0 Å². The lowest BCUT2D eigenvalue weighted by Crippen LogP contribution is -2.41. The summed E-state index contributed by atoms with van der Waals surface area (Å²) < 4.78 is 0. The van der Waals surface area contributed by atoms with Crippen LogP contribution in [0.3, 0.4) is 0 Å². The Morgan fingerprint density at radius 2 is 2.00 bits per heavy atom. The average molecular weight is 247 g/mol. The summed E-state index contributed by atoms with van der Waals surface area (Å²) in [6.07, 6.45) is 7.10. The van der Waals surface area contributed by atoms with Crippen molar-refractivity contribution in [1.82, 2.24) is 15.2 Å². The van der Waals surface area contributed by atoms with Gasteiger partial charge in [-0.3, -0.25) is 9.78 Å². The Morgan fingerprint density at radius 1 is 1.33 bits per heavy atom. The molecule has 1 saturated heterocycles. The van der Waals surface area contributed by atoms with Crippen LogP contribution in [0.4, 0.5) is 0 Å². The van der Waals surface area contributed by atoms with Crippen molar-refractivity contribution in [2.75, 3.05) is 19.6 Å². The van der Waals surface area contributed by atoms with E-state index in [1.54, 1.807) is 12.4 Å². The molecule has 1 atom stereocenters. The van der Waals surface area contributed by atoms with Gasteiger partial charge < -0.3 is 10.2 Å². The molecular formula is C14H21N3O. The number of carbonyl (C=O) groups is 1. The van der Waals surface area contributed by atoms with E-state index in [4.69, 9.17) is 0 Å². The van der Waals surface area contributed by atoms with Crippen LogP contribution in [0.1, 0.15) is 37.8 Å². The number of pyridine rings is 1. The van der Waals surface area contributed by atoms with E-state index in [0.717, 1.165) is 31.5 Å². The quantitative estimate of drug-likeness (QED) is 0.881. The minimum absolute atomic E-state index is 0.182.